The number of phosphoric acid groups is 1. The number of hydrogen-bond donors (Lipinski definition) is 2. The lowest BCUT2D eigenvalue weighted by molar-refractivity contribution is -0.161. The third-order valence-electron chi connectivity index (χ3n) is 8.74. The minimum absolute atomic E-state index is 0.133. The van der Waals surface area contributed by atoms with Gasteiger partial charge in [0.05, 0.1) is 18.8 Å². The van der Waals surface area contributed by atoms with Crippen LogP contribution in [0.4, 0.5) is 0 Å². The normalized spacial score (nSPS) is 16.9. The summed E-state index contributed by atoms with van der Waals surface area (Å²) >= 11 is 0. The SMILES string of the molecule is CCCCC/C=C\CC1OC1CCCCCCCC(=O)OC[C@H](COP(=O)(O)O)OC(=O)CCC/C=C\C/C=C\C/C=C\CCCCCCCC. The van der Waals surface area contributed by atoms with Crippen LogP contribution in [0.1, 0.15) is 168 Å². The molecule has 0 aromatic heterocycles. The number of epoxide rings is 1. The van der Waals surface area contributed by atoms with E-state index in [1.807, 2.05) is 6.08 Å². The van der Waals surface area contributed by atoms with Gasteiger partial charge in [0.25, 0.3) is 0 Å². The van der Waals surface area contributed by atoms with Gasteiger partial charge in [-0.2, -0.15) is 0 Å². The summed E-state index contributed by atoms with van der Waals surface area (Å²) in [6, 6.07) is 0. The molecule has 0 aliphatic carbocycles. The molecule has 1 aliphatic heterocycles. The van der Waals surface area contributed by atoms with E-state index in [-0.39, 0.29) is 19.4 Å². The molecule has 3 atom stereocenters. The summed E-state index contributed by atoms with van der Waals surface area (Å²) in [5.74, 6) is -0.972. The zero-order valence-corrected chi connectivity index (χ0v) is 32.8. The molecule has 0 aromatic rings. The molecular formula is C41H71O9P. The number of esters is 2. The average molecular weight is 739 g/mol. The Morgan fingerprint density at radius 3 is 1.84 bits per heavy atom. The van der Waals surface area contributed by atoms with Crippen LogP contribution in [0.3, 0.4) is 0 Å². The van der Waals surface area contributed by atoms with E-state index in [2.05, 4.69) is 60.9 Å². The summed E-state index contributed by atoms with van der Waals surface area (Å²) in [5, 5.41) is 0. The standard InChI is InChI=1S/C41H71O9P/c1-3-5-7-9-11-12-13-14-15-16-17-18-19-20-21-25-30-34-41(43)49-37(36-48-51(44,45)46)35-47-40(42)33-29-26-22-24-28-32-39-38(50-39)31-27-23-10-8-6-4-2/h14-15,17-18,20-21,23,27,37-39H,3-13,16,19,22,24-26,28-36H2,1-2H3,(H2,44,45,46)/b15-14-,18-17-,21-20-,27-23-/t37-,38?,39?/m1/s1. The molecule has 1 rings (SSSR count). The van der Waals surface area contributed by atoms with E-state index in [4.69, 9.17) is 24.0 Å². The van der Waals surface area contributed by atoms with Gasteiger partial charge in [0.15, 0.2) is 6.10 Å². The molecule has 1 aliphatic rings. The molecular weight excluding hydrogens is 667 g/mol. The maximum atomic E-state index is 12.4. The zero-order valence-electron chi connectivity index (χ0n) is 31.9. The fraction of sp³-hybridized carbons (Fsp3) is 0.756. The van der Waals surface area contributed by atoms with E-state index >= 15 is 0 Å². The number of carbonyl (C=O) groups is 2. The number of carbonyl (C=O) groups excluding carboxylic acids is 2. The minimum atomic E-state index is -4.77. The number of unbranched alkanes of at least 4 members (excludes halogenated alkanes) is 14. The monoisotopic (exact) mass is 738 g/mol. The van der Waals surface area contributed by atoms with E-state index < -0.39 is 32.5 Å². The highest BCUT2D eigenvalue weighted by atomic mass is 31.2. The molecule has 0 spiro atoms. The first-order valence-electron chi connectivity index (χ1n) is 20.1. The number of rotatable bonds is 35. The molecule has 0 bridgehead atoms. The number of ether oxygens (including phenoxy) is 3. The minimum Gasteiger partial charge on any atom is -0.462 e. The molecule has 0 saturated carbocycles. The van der Waals surface area contributed by atoms with Gasteiger partial charge in [-0.1, -0.05) is 133 Å². The molecule has 51 heavy (non-hydrogen) atoms. The fourth-order valence-corrected chi connectivity index (χ4v) is 5.99. The lowest BCUT2D eigenvalue weighted by atomic mass is 10.1. The molecule has 10 heteroatoms. The van der Waals surface area contributed by atoms with Crippen LogP contribution in [0.25, 0.3) is 0 Å². The maximum absolute atomic E-state index is 12.4. The molecule has 294 valence electrons. The smallest absolute Gasteiger partial charge is 0.462 e. The summed E-state index contributed by atoms with van der Waals surface area (Å²) in [6.45, 7) is 3.58. The number of phosphoric ester groups is 1. The van der Waals surface area contributed by atoms with Crippen molar-refractivity contribution in [3.05, 3.63) is 48.6 Å². The Labute approximate surface area is 309 Å². The van der Waals surface area contributed by atoms with Crippen LogP contribution < -0.4 is 0 Å². The highest BCUT2D eigenvalue weighted by molar-refractivity contribution is 7.46. The zero-order chi connectivity index (χ0) is 37.3. The van der Waals surface area contributed by atoms with Crippen molar-refractivity contribution in [2.24, 2.45) is 0 Å². The predicted molar refractivity (Wildman–Crippen MR) is 206 cm³/mol. The van der Waals surface area contributed by atoms with E-state index in [0.717, 1.165) is 64.2 Å². The van der Waals surface area contributed by atoms with E-state index in [1.54, 1.807) is 0 Å². The highest BCUT2D eigenvalue weighted by Gasteiger charge is 2.36. The van der Waals surface area contributed by atoms with Crippen molar-refractivity contribution < 1.29 is 42.7 Å². The van der Waals surface area contributed by atoms with Gasteiger partial charge in [0.2, 0.25) is 0 Å². The lowest BCUT2D eigenvalue weighted by Gasteiger charge is -2.18. The Morgan fingerprint density at radius 2 is 1.16 bits per heavy atom. The van der Waals surface area contributed by atoms with Crippen LogP contribution in [-0.4, -0.2) is 53.3 Å². The van der Waals surface area contributed by atoms with Crippen LogP contribution in [0.15, 0.2) is 48.6 Å². The predicted octanol–water partition coefficient (Wildman–Crippen LogP) is 10.9. The quantitative estimate of drug-likeness (QED) is 0.0214. The van der Waals surface area contributed by atoms with Crippen LogP contribution in [0.5, 0.6) is 0 Å². The van der Waals surface area contributed by atoms with Crippen LogP contribution in [0, 0.1) is 0 Å². The molecule has 1 heterocycles. The summed E-state index contributed by atoms with van der Waals surface area (Å²) < 4.78 is 32.1. The Balaban J connectivity index is 2.13. The Morgan fingerprint density at radius 1 is 0.627 bits per heavy atom. The van der Waals surface area contributed by atoms with Gasteiger partial charge in [0, 0.05) is 12.8 Å². The third-order valence-corrected chi connectivity index (χ3v) is 9.23. The number of hydrogen-bond acceptors (Lipinski definition) is 7. The van der Waals surface area contributed by atoms with Gasteiger partial charge in [-0.15, -0.1) is 0 Å². The lowest BCUT2D eigenvalue weighted by Crippen LogP contribution is -2.29. The van der Waals surface area contributed by atoms with Gasteiger partial charge in [-0.05, 0) is 70.6 Å². The fourth-order valence-electron chi connectivity index (χ4n) is 5.63. The summed E-state index contributed by atoms with van der Waals surface area (Å²) in [5.41, 5.74) is 0. The first-order chi connectivity index (χ1) is 24.7. The summed E-state index contributed by atoms with van der Waals surface area (Å²) in [7, 11) is -4.77. The van der Waals surface area contributed by atoms with Crippen molar-refractivity contribution in [1.82, 2.24) is 0 Å². The molecule has 9 nitrogen and oxygen atoms in total. The van der Waals surface area contributed by atoms with Gasteiger partial charge in [-0.3, -0.25) is 14.1 Å². The van der Waals surface area contributed by atoms with Gasteiger partial charge < -0.3 is 24.0 Å². The topological polar surface area (TPSA) is 132 Å². The third kappa shape index (κ3) is 32.4. The van der Waals surface area contributed by atoms with Crippen molar-refractivity contribution in [1.29, 1.82) is 0 Å². The van der Waals surface area contributed by atoms with Crippen LogP contribution in [0.2, 0.25) is 0 Å². The second kappa shape index (κ2) is 32.6. The Bertz CT molecular complexity index is 1030. The summed E-state index contributed by atoms with van der Waals surface area (Å²) in [4.78, 5) is 42.8. The highest BCUT2D eigenvalue weighted by Crippen LogP contribution is 2.36. The van der Waals surface area contributed by atoms with Crippen LogP contribution in [-0.2, 0) is 32.9 Å². The van der Waals surface area contributed by atoms with Gasteiger partial charge in [-0.25, -0.2) is 4.57 Å². The molecule has 1 saturated heterocycles. The Hall–Kier alpha value is -2.03. The first-order valence-corrected chi connectivity index (χ1v) is 21.6. The first kappa shape index (κ1) is 47.0. The molecule has 0 amide bonds. The van der Waals surface area contributed by atoms with E-state index in [0.29, 0.717) is 31.5 Å². The number of allylic oxidation sites excluding steroid dienone is 7. The van der Waals surface area contributed by atoms with Crippen molar-refractivity contribution in [2.45, 2.75) is 186 Å². The summed E-state index contributed by atoms with van der Waals surface area (Å²) in [6.07, 6.45) is 41.4. The molecule has 1 fully saturated rings. The molecule has 0 aromatic carbocycles. The van der Waals surface area contributed by atoms with Crippen molar-refractivity contribution in [2.75, 3.05) is 13.2 Å². The van der Waals surface area contributed by atoms with Crippen LogP contribution >= 0.6 is 7.82 Å². The van der Waals surface area contributed by atoms with E-state index in [9.17, 15) is 14.2 Å². The average Bonchev–Trinajstić information content (AvgIpc) is 3.85. The second-order valence-electron chi connectivity index (χ2n) is 13.6. The van der Waals surface area contributed by atoms with E-state index in [1.165, 1.54) is 57.8 Å². The largest absolute Gasteiger partial charge is 0.469 e. The molecule has 2 unspecified atom stereocenters. The Kier molecular flexibility index (Phi) is 30.0. The molecule has 0 radical (unpaired) electrons. The maximum Gasteiger partial charge on any atom is 0.469 e. The van der Waals surface area contributed by atoms with Crippen molar-refractivity contribution in [3.63, 3.8) is 0 Å². The van der Waals surface area contributed by atoms with Gasteiger partial charge in [0.1, 0.15) is 6.61 Å². The second-order valence-corrected chi connectivity index (χ2v) is 14.9. The van der Waals surface area contributed by atoms with Gasteiger partial charge >= 0.3 is 19.8 Å². The van der Waals surface area contributed by atoms with Crippen molar-refractivity contribution >= 4 is 19.8 Å². The van der Waals surface area contributed by atoms with Crippen molar-refractivity contribution in [3.8, 4) is 0 Å². The molecule has 2 N–H and O–H groups in total.